The predicted octanol–water partition coefficient (Wildman–Crippen LogP) is 3.97. The quantitative estimate of drug-likeness (QED) is 0.765. The minimum Gasteiger partial charge on any atom is -0.358 e. The number of aryl methyl sites for hydroxylation is 1. The van der Waals surface area contributed by atoms with Crippen LogP contribution in [0.2, 0.25) is 0 Å². The molecule has 3 heterocycles. The summed E-state index contributed by atoms with van der Waals surface area (Å²) in [6.45, 7) is 3.18. The van der Waals surface area contributed by atoms with Crippen LogP contribution in [0.3, 0.4) is 0 Å². The van der Waals surface area contributed by atoms with Crippen LogP contribution >= 0.6 is 11.3 Å². The molecule has 0 spiro atoms. The summed E-state index contributed by atoms with van der Waals surface area (Å²) < 4.78 is 27.8. The van der Waals surface area contributed by atoms with E-state index in [0.717, 1.165) is 28.9 Å². The summed E-state index contributed by atoms with van der Waals surface area (Å²) >= 11 is 1.39. The van der Waals surface area contributed by atoms with Crippen LogP contribution in [0, 0.1) is 0 Å². The Balaban J connectivity index is 1.57. The van der Waals surface area contributed by atoms with E-state index in [4.69, 9.17) is 0 Å². The smallest absolute Gasteiger partial charge is 0.252 e. The first kappa shape index (κ1) is 15.9. The van der Waals surface area contributed by atoms with Crippen LogP contribution in [-0.2, 0) is 16.4 Å². The average Bonchev–Trinajstić information content (AvgIpc) is 3.31. The summed E-state index contributed by atoms with van der Waals surface area (Å²) in [5.41, 5.74) is 2.24. The number of H-pyrrole nitrogens is 1. The highest BCUT2D eigenvalue weighted by atomic mass is 32.2. The Morgan fingerprint density at radius 3 is 2.83 bits per heavy atom. The lowest BCUT2D eigenvalue weighted by Crippen LogP contribution is -2.28. The third-order valence-corrected chi connectivity index (χ3v) is 8.28. The lowest BCUT2D eigenvalue weighted by atomic mass is 10.1. The highest BCUT2D eigenvalue weighted by Crippen LogP contribution is 2.34. The summed E-state index contributed by atoms with van der Waals surface area (Å²) in [6.07, 6.45) is 1.73. The van der Waals surface area contributed by atoms with Gasteiger partial charge in [-0.2, -0.15) is 4.31 Å². The van der Waals surface area contributed by atoms with E-state index in [-0.39, 0.29) is 5.92 Å². The first-order chi connectivity index (χ1) is 11.6. The molecule has 1 aliphatic rings. The van der Waals surface area contributed by atoms with Gasteiger partial charge in [-0.1, -0.05) is 25.1 Å². The number of thiophene rings is 1. The molecule has 1 N–H and O–H groups in total. The van der Waals surface area contributed by atoms with Gasteiger partial charge in [-0.05, 0) is 42.5 Å². The molecule has 1 saturated heterocycles. The van der Waals surface area contributed by atoms with Gasteiger partial charge in [0.15, 0.2) is 0 Å². The molecular weight excluding hydrogens is 340 g/mol. The maximum Gasteiger partial charge on any atom is 0.252 e. The van der Waals surface area contributed by atoms with Crippen molar-refractivity contribution < 1.29 is 8.42 Å². The lowest BCUT2D eigenvalue weighted by Gasteiger charge is -2.15. The summed E-state index contributed by atoms with van der Waals surface area (Å²) in [4.78, 5) is 4.55. The molecule has 0 aliphatic carbocycles. The van der Waals surface area contributed by atoms with Gasteiger partial charge in [-0.25, -0.2) is 8.42 Å². The number of aromatic amines is 1. The standard InChI is InChI=1S/C18H20N2O2S2/c1-2-15-7-8-18(23-15)24(21,22)20-10-9-14(12-20)17-11-13-5-3-4-6-16(13)19-17/h3-8,11,14,19H,2,9-10,12H2,1H3. The molecule has 6 heteroatoms. The summed E-state index contributed by atoms with van der Waals surface area (Å²) in [5.74, 6) is 0.234. The average molecular weight is 361 g/mol. The number of fused-ring (bicyclic) bond motifs is 1. The molecule has 24 heavy (non-hydrogen) atoms. The van der Waals surface area contributed by atoms with Crippen LogP contribution in [0.15, 0.2) is 46.7 Å². The van der Waals surface area contributed by atoms with E-state index >= 15 is 0 Å². The number of hydrogen-bond donors (Lipinski definition) is 1. The normalized spacial score (nSPS) is 19.3. The van der Waals surface area contributed by atoms with Crippen molar-refractivity contribution in [3.05, 3.63) is 53.0 Å². The Kier molecular flexibility index (Phi) is 3.98. The molecule has 0 amide bonds. The van der Waals surface area contributed by atoms with Crippen LogP contribution in [0.1, 0.15) is 29.8 Å². The van der Waals surface area contributed by atoms with Crippen molar-refractivity contribution in [1.82, 2.24) is 9.29 Å². The largest absolute Gasteiger partial charge is 0.358 e. The van der Waals surface area contributed by atoms with Crippen molar-refractivity contribution in [3.8, 4) is 0 Å². The van der Waals surface area contributed by atoms with E-state index in [1.165, 1.54) is 16.7 Å². The SMILES string of the molecule is CCc1ccc(S(=O)(=O)N2CCC(c3cc4ccccc4[nH]3)C2)s1. The second kappa shape index (κ2) is 6.02. The van der Waals surface area contributed by atoms with Crippen molar-refractivity contribution in [2.75, 3.05) is 13.1 Å². The van der Waals surface area contributed by atoms with Gasteiger partial charge in [-0.15, -0.1) is 11.3 Å². The molecule has 1 atom stereocenters. The molecule has 1 fully saturated rings. The maximum atomic E-state index is 12.8. The maximum absolute atomic E-state index is 12.8. The molecule has 1 aromatic carbocycles. The van der Waals surface area contributed by atoms with Gasteiger partial charge in [0.05, 0.1) is 0 Å². The Hall–Kier alpha value is -1.63. The van der Waals surface area contributed by atoms with Crippen molar-refractivity contribution >= 4 is 32.3 Å². The van der Waals surface area contributed by atoms with Gasteiger partial charge in [-0.3, -0.25) is 0 Å². The molecular formula is C18H20N2O2S2. The van der Waals surface area contributed by atoms with Gasteiger partial charge in [0.25, 0.3) is 10.0 Å². The number of aromatic nitrogens is 1. The number of para-hydroxylation sites is 1. The zero-order chi connectivity index (χ0) is 16.7. The molecule has 4 nitrogen and oxygen atoms in total. The van der Waals surface area contributed by atoms with E-state index in [2.05, 4.69) is 23.2 Å². The third kappa shape index (κ3) is 2.68. The zero-order valence-corrected chi connectivity index (χ0v) is 15.2. The van der Waals surface area contributed by atoms with Crippen LogP contribution in [0.5, 0.6) is 0 Å². The van der Waals surface area contributed by atoms with E-state index in [1.807, 2.05) is 25.1 Å². The van der Waals surface area contributed by atoms with Crippen LogP contribution in [0.25, 0.3) is 10.9 Å². The van der Waals surface area contributed by atoms with Gasteiger partial charge in [0.1, 0.15) is 4.21 Å². The molecule has 0 saturated carbocycles. The van der Waals surface area contributed by atoms with Gasteiger partial charge < -0.3 is 4.98 Å². The lowest BCUT2D eigenvalue weighted by molar-refractivity contribution is 0.474. The van der Waals surface area contributed by atoms with Gasteiger partial charge >= 0.3 is 0 Å². The summed E-state index contributed by atoms with van der Waals surface area (Å²) in [5, 5.41) is 1.18. The Bertz CT molecular complexity index is 939. The number of sulfonamides is 1. The number of nitrogens with one attached hydrogen (secondary N) is 1. The number of nitrogens with zero attached hydrogens (tertiary/aromatic N) is 1. The van der Waals surface area contributed by atoms with Crippen molar-refractivity contribution in [2.24, 2.45) is 0 Å². The minimum absolute atomic E-state index is 0.234. The molecule has 1 aliphatic heterocycles. The topological polar surface area (TPSA) is 53.2 Å². The van der Waals surface area contributed by atoms with Crippen LogP contribution < -0.4 is 0 Å². The fourth-order valence-electron chi connectivity index (χ4n) is 3.33. The van der Waals surface area contributed by atoms with E-state index in [1.54, 1.807) is 10.4 Å². The fourth-order valence-corrected chi connectivity index (χ4v) is 6.28. The number of rotatable bonds is 4. The molecule has 1 unspecified atom stereocenters. The predicted molar refractivity (Wildman–Crippen MR) is 98.1 cm³/mol. The fraction of sp³-hybridized carbons (Fsp3) is 0.333. The second-order valence-corrected chi connectivity index (χ2v) is 9.57. The highest BCUT2D eigenvalue weighted by molar-refractivity contribution is 7.91. The minimum atomic E-state index is -3.36. The first-order valence-electron chi connectivity index (χ1n) is 8.24. The van der Waals surface area contributed by atoms with Crippen LogP contribution in [0.4, 0.5) is 0 Å². The molecule has 3 aromatic rings. The summed E-state index contributed by atoms with van der Waals surface area (Å²) in [7, 11) is -3.36. The van der Waals surface area contributed by atoms with Gasteiger partial charge in [0, 0.05) is 35.1 Å². The number of hydrogen-bond acceptors (Lipinski definition) is 3. The van der Waals surface area contributed by atoms with Crippen molar-refractivity contribution in [2.45, 2.75) is 29.9 Å². The third-order valence-electron chi connectivity index (χ3n) is 4.72. The Labute approximate surface area is 146 Å². The number of benzene rings is 1. The molecule has 0 bridgehead atoms. The van der Waals surface area contributed by atoms with Crippen molar-refractivity contribution in [1.29, 1.82) is 0 Å². The van der Waals surface area contributed by atoms with E-state index in [9.17, 15) is 8.42 Å². The second-order valence-electron chi connectivity index (χ2n) is 6.23. The zero-order valence-electron chi connectivity index (χ0n) is 13.5. The van der Waals surface area contributed by atoms with Crippen LogP contribution in [-0.4, -0.2) is 30.8 Å². The summed E-state index contributed by atoms with van der Waals surface area (Å²) in [6, 6.07) is 14.0. The molecule has 4 rings (SSSR count). The van der Waals surface area contributed by atoms with E-state index < -0.39 is 10.0 Å². The van der Waals surface area contributed by atoms with E-state index in [0.29, 0.717) is 17.3 Å². The monoisotopic (exact) mass is 360 g/mol. The first-order valence-corrected chi connectivity index (χ1v) is 10.5. The molecule has 126 valence electrons. The van der Waals surface area contributed by atoms with Gasteiger partial charge in [0.2, 0.25) is 0 Å². The molecule has 0 radical (unpaired) electrons. The van der Waals surface area contributed by atoms with Crippen molar-refractivity contribution in [3.63, 3.8) is 0 Å². The Morgan fingerprint density at radius 2 is 2.08 bits per heavy atom. The highest BCUT2D eigenvalue weighted by Gasteiger charge is 2.34. The molecule has 2 aromatic heterocycles. The Morgan fingerprint density at radius 1 is 1.25 bits per heavy atom.